The van der Waals surface area contributed by atoms with Gasteiger partial charge in [-0.05, 0) is 36.6 Å². The zero-order chi connectivity index (χ0) is 22.2. The fraction of sp³-hybridized carbons (Fsp3) is 0.545. The number of amides is 3. The van der Waals surface area contributed by atoms with E-state index in [4.69, 9.17) is 4.74 Å². The van der Waals surface area contributed by atoms with E-state index in [0.717, 1.165) is 25.7 Å². The third-order valence-electron chi connectivity index (χ3n) is 5.63. The standard InChI is InChI=1S/C22H29F2N3O4/c1-30-19-15-16(7-9-18(19)31-21(23)24)8-10-20(28)26-11-13-27(14-12-26)22(29)25-17-5-3-2-4-6-17/h7-10,15,17,21H,2-6,11-14H2,1H3,(H,25,29)/b10-8+. The van der Waals surface area contributed by atoms with Crippen molar-refractivity contribution in [1.82, 2.24) is 15.1 Å². The summed E-state index contributed by atoms with van der Waals surface area (Å²) in [4.78, 5) is 28.4. The number of urea groups is 1. The summed E-state index contributed by atoms with van der Waals surface area (Å²) in [6.07, 6.45) is 8.66. The molecule has 0 spiro atoms. The number of hydrogen-bond donors (Lipinski definition) is 1. The van der Waals surface area contributed by atoms with E-state index in [2.05, 4.69) is 10.1 Å². The van der Waals surface area contributed by atoms with Gasteiger partial charge in [-0.2, -0.15) is 8.78 Å². The lowest BCUT2D eigenvalue weighted by atomic mass is 9.96. The molecule has 1 N–H and O–H groups in total. The quantitative estimate of drug-likeness (QED) is 0.692. The molecule has 170 valence electrons. The molecule has 1 aliphatic heterocycles. The highest BCUT2D eigenvalue weighted by Gasteiger charge is 2.25. The summed E-state index contributed by atoms with van der Waals surface area (Å²) in [5.74, 6) is -0.0738. The van der Waals surface area contributed by atoms with E-state index < -0.39 is 6.61 Å². The van der Waals surface area contributed by atoms with Crippen molar-refractivity contribution in [2.75, 3.05) is 33.3 Å². The van der Waals surface area contributed by atoms with Crippen LogP contribution in [0, 0.1) is 0 Å². The molecule has 7 nitrogen and oxygen atoms in total. The van der Waals surface area contributed by atoms with Gasteiger partial charge >= 0.3 is 12.6 Å². The monoisotopic (exact) mass is 437 g/mol. The largest absolute Gasteiger partial charge is 0.493 e. The summed E-state index contributed by atoms with van der Waals surface area (Å²) in [5, 5.41) is 3.11. The fourth-order valence-electron chi connectivity index (χ4n) is 3.90. The van der Waals surface area contributed by atoms with Crippen molar-refractivity contribution >= 4 is 18.0 Å². The van der Waals surface area contributed by atoms with Gasteiger partial charge in [0.2, 0.25) is 5.91 Å². The first-order valence-corrected chi connectivity index (χ1v) is 10.6. The number of alkyl halides is 2. The van der Waals surface area contributed by atoms with Gasteiger partial charge in [-0.3, -0.25) is 4.79 Å². The molecular formula is C22H29F2N3O4. The van der Waals surface area contributed by atoms with Gasteiger partial charge in [-0.25, -0.2) is 4.79 Å². The molecule has 1 heterocycles. The number of rotatable bonds is 6. The number of piperazine rings is 1. The van der Waals surface area contributed by atoms with Gasteiger partial charge in [0, 0.05) is 38.3 Å². The van der Waals surface area contributed by atoms with Crippen LogP contribution in [0.25, 0.3) is 6.08 Å². The topological polar surface area (TPSA) is 71.1 Å². The lowest BCUT2D eigenvalue weighted by Crippen LogP contribution is -2.54. The van der Waals surface area contributed by atoms with E-state index in [1.165, 1.54) is 31.7 Å². The summed E-state index contributed by atoms with van der Waals surface area (Å²) in [7, 11) is 1.36. The van der Waals surface area contributed by atoms with Gasteiger partial charge in [0.1, 0.15) is 0 Å². The van der Waals surface area contributed by atoms with Gasteiger partial charge < -0.3 is 24.6 Å². The Morgan fingerprint density at radius 3 is 2.39 bits per heavy atom. The number of halogens is 2. The van der Waals surface area contributed by atoms with Crippen molar-refractivity contribution in [3.63, 3.8) is 0 Å². The fourth-order valence-corrected chi connectivity index (χ4v) is 3.90. The Bertz CT molecular complexity index is 789. The molecule has 0 atom stereocenters. The molecule has 1 saturated carbocycles. The van der Waals surface area contributed by atoms with Crippen LogP contribution in [0.4, 0.5) is 13.6 Å². The summed E-state index contributed by atoms with van der Waals surface area (Å²) >= 11 is 0. The molecule has 0 bridgehead atoms. The van der Waals surface area contributed by atoms with Gasteiger partial charge in [-0.15, -0.1) is 0 Å². The molecule has 3 rings (SSSR count). The number of nitrogens with one attached hydrogen (secondary N) is 1. The second-order valence-corrected chi connectivity index (χ2v) is 7.72. The zero-order valence-electron chi connectivity index (χ0n) is 17.7. The highest BCUT2D eigenvalue weighted by molar-refractivity contribution is 5.92. The van der Waals surface area contributed by atoms with Crippen LogP contribution < -0.4 is 14.8 Å². The lowest BCUT2D eigenvalue weighted by molar-refractivity contribution is -0.127. The minimum absolute atomic E-state index is 0.0484. The average Bonchev–Trinajstić information content (AvgIpc) is 2.78. The number of carbonyl (C=O) groups is 2. The molecule has 0 radical (unpaired) electrons. The Morgan fingerprint density at radius 1 is 1.06 bits per heavy atom. The summed E-state index contributed by atoms with van der Waals surface area (Å²) in [6.45, 7) is -1.03. The SMILES string of the molecule is COc1cc(/C=C/C(=O)N2CCN(C(=O)NC3CCCCC3)CC2)ccc1OC(F)F. The predicted octanol–water partition coefficient (Wildman–Crippen LogP) is 3.50. The van der Waals surface area contributed by atoms with Crippen molar-refractivity contribution in [2.24, 2.45) is 0 Å². The van der Waals surface area contributed by atoms with Crippen LogP contribution in [0.2, 0.25) is 0 Å². The maximum absolute atomic E-state index is 12.5. The molecule has 0 unspecified atom stereocenters. The number of carbonyl (C=O) groups excluding carboxylic acids is 2. The van der Waals surface area contributed by atoms with Gasteiger partial charge in [-0.1, -0.05) is 25.3 Å². The van der Waals surface area contributed by atoms with E-state index in [-0.39, 0.29) is 29.5 Å². The molecular weight excluding hydrogens is 408 g/mol. The minimum Gasteiger partial charge on any atom is -0.493 e. The lowest BCUT2D eigenvalue weighted by Gasteiger charge is -2.35. The maximum Gasteiger partial charge on any atom is 0.387 e. The molecule has 31 heavy (non-hydrogen) atoms. The van der Waals surface area contributed by atoms with Crippen LogP contribution >= 0.6 is 0 Å². The molecule has 1 aromatic carbocycles. The Kier molecular flexibility index (Phi) is 8.08. The summed E-state index contributed by atoms with van der Waals surface area (Å²) in [5.41, 5.74) is 0.623. The molecule has 2 aliphatic rings. The van der Waals surface area contributed by atoms with E-state index in [9.17, 15) is 18.4 Å². The highest BCUT2D eigenvalue weighted by atomic mass is 19.3. The van der Waals surface area contributed by atoms with Crippen molar-refractivity contribution in [3.8, 4) is 11.5 Å². The molecule has 2 fully saturated rings. The van der Waals surface area contributed by atoms with E-state index in [0.29, 0.717) is 31.7 Å². The summed E-state index contributed by atoms with van der Waals surface area (Å²) in [6, 6.07) is 4.68. The van der Waals surface area contributed by atoms with E-state index >= 15 is 0 Å². The highest BCUT2D eigenvalue weighted by Crippen LogP contribution is 2.29. The van der Waals surface area contributed by atoms with E-state index in [1.54, 1.807) is 21.9 Å². The number of ether oxygens (including phenoxy) is 2. The van der Waals surface area contributed by atoms with Crippen molar-refractivity contribution in [1.29, 1.82) is 0 Å². The van der Waals surface area contributed by atoms with Crippen molar-refractivity contribution in [2.45, 2.75) is 44.8 Å². The van der Waals surface area contributed by atoms with Gasteiger partial charge in [0.25, 0.3) is 0 Å². The van der Waals surface area contributed by atoms with Crippen LogP contribution in [0.1, 0.15) is 37.7 Å². The molecule has 1 aromatic rings. The number of benzene rings is 1. The number of nitrogens with zero attached hydrogens (tertiary/aromatic N) is 2. The molecule has 1 aliphatic carbocycles. The normalized spacial score (nSPS) is 17.8. The third-order valence-corrected chi connectivity index (χ3v) is 5.63. The van der Waals surface area contributed by atoms with Gasteiger partial charge in [0.05, 0.1) is 7.11 Å². The van der Waals surface area contributed by atoms with Crippen molar-refractivity contribution < 1.29 is 27.8 Å². The smallest absolute Gasteiger partial charge is 0.387 e. The third kappa shape index (κ3) is 6.57. The first-order chi connectivity index (χ1) is 15.0. The molecule has 9 heteroatoms. The minimum atomic E-state index is -2.94. The van der Waals surface area contributed by atoms with Crippen LogP contribution in [0.5, 0.6) is 11.5 Å². The number of methoxy groups -OCH3 is 1. The Morgan fingerprint density at radius 2 is 1.74 bits per heavy atom. The van der Waals surface area contributed by atoms with Crippen LogP contribution in [-0.2, 0) is 4.79 Å². The van der Waals surface area contributed by atoms with Crippen LogP contribution in [-0.4, -0.2) is 67.7 Å². The second-order valence-electron chi connectivity index (χ2n) is 7.72. The number of hydrogen-bond acceptors (Lipinski definition) is 4. The molecule has 0 aromatic heterocycles. The Labute approximate surface area is 181 Å². The van der Waals surface area contributed by atoms with Crippen molar-refractivity contribution in [3.05, 3.63) is 29.8 Å². The Hall–Kier alpha value is -2.84. The van der Waals surface area contributed by atoms with E-state index in [1.807, 2.05) is 0 Å². The van der Waals surface area contributed by atoms with Gasteiger partial charge in [0.15, 0.2) is 11.5 Å². The first kappa shape index (κ1) is 22.8. The predicted molar refractivity (Wildman–Crippen MR) is 112 cm³/mol. The molecule has 3 amide bonds. The Balaban J connectivity index is 1.49. The maximum atomic E-state index is 12.5. The average molecular weight is 437 g/mol. The first-order valence-electron chi connectivity index (χ1n) is 10.6. The van der Waals surface area contributed by atoms with Crippen LogP contribution in [0.15, 0.2) is 24.3 Å². The molecule has 1 saturated heterocycles. The second kappa shape index (κ2) is 11.0. The zero-order valence-corrected chi connectivity index (χ0v) is 17.7. The summed E-state index contributed by atoms with van der Waals surface area (Å²) < 4.78 is 34.3. The van der Waals surface area contributed by atoms with Crippen LogP contribution in [0.3, 0.4) is 0 Å².